The van der Waals surface area contributed by atoms with Crippen molar-refractivity contribution in [1.29, 1.82) is 0 Å². The number of nitrogen functional groups attached to an aromatic ring is 2. The van der Waals surface area contributed by atoms with Crippen LogP contribution in [0.15, 0.2) is 48.5 Å². The van der Waals surface area contributed by atoms with Gasteiger partial charge in [-0.05, 0) is 31.2 Å². The van der Waals surface area contributed by atoms with Gasteiger partial charge in [0.15, 0.2) is 6.10 Å². The van der Waals surface area contributed by atoms with Crippen LogP contribution in [0.2, 0.25) is 0 Å². The summed E-state index contributed by atoms with van der Waals surface area (Å²) in [7, 11) is 0. The maximum absolute atomic E-state index is 11.9. The van der Waals surface area contributed by atoms with Crippen LogP contribution in [0.1, 0.15) is 6.92 Å². The number of nitrogens with two attached hydrogens (primary N) is 2. The highest BCUT2D eigenvalue weighted by atomic mass is 16.6. The highest BCUT2D eigenvalue weighted by molar-refractivity contribution is 5.78. The number of carbonyl (C=O) groups is 2. The van der Waals surface area contributed by atoms with E-state index in [1.807, 2.05) is 0 Å². The number of esters is 2. The lowest BCUT2D eigenvalue weighted by atomic mass is 10.3. The highest BCUT2D eigenvalue weighted by Gasteiger charge is 2.18. The summed E-state index contributed by atoms with van der Waals surface area (Å²) in [6.07, 6.45) is -0.945. The van der Waals surface area contributed by atoms with Gasteiger partial charge in [-0.2, -0.15) is 0 Å². The number of ether oxygens (including phenoxy) is 3. The van der Waals surface area contributed by atoms with Crippen molar-refractivity contribution >= 4 is 23.3 Å². The largest absolute Gasteiger partial charge is 0.425 e. The number of hydrogen-bond acceptors (Lipinski definition) is 7. The molecule has 2 aromatic carbocycles. The van der Waals surface area contributed by atoms with E-state index in [0.29, 0.717) is 22.9 Å². The number of carbonyl (C=O) groups excluding carboxylic acids is 2. The van der Waals surface area contributed by atoms with Crippen molar-refractivity contribution in [2.24, 2.45) is 0 Å². The molecule has 0 fully saturated rings. The summed E-state index contributed by atoms with van der Waals surface area (Å²) in [5.41, 5.74) is 12.1. The Hall–Kier alpha value is -3.06. The molecule has 126 valence electrons. The normalized spacial score (nSPS) is 11.5. The Bertz CT molecular complexity index is 732. The van der Waals surface area contributed by atoms with Gasteiger partial charge < -0.3 is 25.7 Å². The first-order chi connectivity index (χ1) is 11.4. The van der Waals surface area contributed by atoms with Gasteiger partial charge in [0.05, 0.1) is 0 Å². The highest BCUT2D eigenvalue weighted by Crippen LogP contribution is 2.16. The maximum atomic E-state index is 11.9. The predicted octanol–water partition coefficient (Wildman–Crippen LogP) is 1.77. The Morgan fingerprint density at radius 3 is 2.04 bits per heavy atom. The number of rotatable bonds is 6. The lowest BCUT2D eigenvalue weighted by molar-refractivity contribution is -0.151. The maximum Gasteiger partial charge on any atom is 0.340 e. The lowest BCUT2D eigenvalue weighted by Crippen LogP contribution is -2.29. The first-order valence-corrected chi connectivity index (χ1v) is 7.19. The van der Waals surface area contributed by atoms with Gasteiger partial charge in [0.25, 0.3) is 0 Å². The second-order valence-corrected chi connectivity index (χ2v) is 4.99. The molecule has 0 saturated heterocycles. The fourth-order valence-corrected chi connectivity index (χ4v) is 1.78. The van der Waals surface area contributed by atoms with E-state index in [1.165, 1.54) is 19.1 Å². The molecule has 24 heavy (non-hydrogen) atoms. The zero-order chi connectivity index (χ0) is 17.5. The molecule has 0 bridgehead atoms. The zero-order valence-corrected chi connectivity index (χ0v) is 13.1. The van der Waals surface area contributed by atoms with Crippen molar-refractivity contribution in [3.63, 3.8) is 0 Å². The minimum absolute atomic E-state index is 0.304. The Balaban J connectivity index is 1.80. The molecule has 0 amide bonds. The third kappa shape index (κ3) is 5.29. The molecule has 1 atom stereocenters. The second-order valence-electron chi connectivity index (χ2n) is 4.99. The van der Waals surface area contributed by atoms with Crippen LogP contribution in [0.5, 0.6) is 11.5 Å². The summed E-state index contributed by atoms with van der Waals surface area (Å²) < 4.78 is 15.3. The lowest BCUT2D eigenvalue weighted by Gasteiger charge is -2.12. The molecule has 0 heterocycles. The van der Waals surface area contributed by atoms with Crippen molar-refractivity contribution in [1.82, 2.24) is 0 Å². The van der Waals surface area contributed by atoms with Crippen molar-refractivity contribution in [3.8, 4) is 11.5 Å². The standard InChI is InChI=1S/C17H18N2O5/c1-11(17(21)24-15-7-3-5-13(19)9-15)22-10-16(20)23-14-6-2-4-12(18)8-14/h2-9,11H,10,18-19H2,1H3. The first-order valence-electron chi connectivity index (χ1n) is 7.19. The molecule has 0 radical (unpaired) electrons. The third-order valence-corrected chi connectivity index (χ3v) is 2.95. The predicted molar refractivity (Wildman–Crippen MR) is 88.4 cm³/mol. The summed E-state index contributed by atoms with van der Waals surface area (Å²) in [5, 5.41) is 0. The summed E-state index contributed by atoms with van der Waals surface area (Å²) in [4.78, 5) is 23.6. The fraction of sp³-hybridized carbons (Fsp3) is 0.176. The molecule has 7 heteroatoms. The molecule has 7 nitrogen and oxygen atoms in total. The van der Waals surface area contributed by atoms with Crippen molar-refractivity contribution in [2.45, 2.75) is 13.0 Å². The quantitative estimate of drug-likeness (QED) is 0.471. The van der Waals surface area contributed by atoms with Gasteiger partial charge in [-0.1, -0.05) is 12.1 Å². The SMILES string of the molecule is CC(OCC(=O)Oc1cccc(N)c1)C(=O)Oc1cccc(N)c1. The molecule has 0 aliphatic carbocycles. The van der Waals surface area contributed by atoms with E-state index >= 15 is 0 Å². The van der Waals surface area contributed by atoms with Gasteiger partial charge in [0, 0.05) is 23.5 Å². The van der Waals surface area contributed by atoms with Gasteiger partial charge in [-0.3, -0.25) is 0 Å². The average molecular weight is 330 g/mol. The second kappa shape index (κ2) is 7.98. The van der Waals surface area contributed by atoms with E-state index in [4.69, 9.17) is 25.7 Å². The molecule has 0 aliphatic heterocycles. The molecule has 1 unspecified atom stereocenters. The van der Waals surface area contributed by atoms with Crippen LogP contribution in [0, 0.1) is 0 Å². The number of anilines is 2. The van der Waals surface area contributed by atoms with Crippen LogP contribution >= 0.6 is 0 Å². The van der Waals surface area contributed by atoms with Gasteiger partial charge in [0.1, 0.15) is 18.1 Å². The summed E-state index contributed by atoms with van der Waals surface area (Å²) in [6.45, 7) is 1.07. The molecule has 2 aromatic rings. The molecule has 0 aliphatic rings. The molecule has 0 aromatic heterocycles. The van der Waals surface area contributed by atoms with Crippen LogP contribution in [0.4, 0.5) is 11.4 Å². The van der Waals surface area contributed by atoms with Crippen molar-refractivity contribution < 1.29 is 23.8 Å². The minimum Gasteiger partial charge on any atom is -0.425 e. The molecule has 0 saturated carbocycles. The monoisotopic (exact) mass is 330 g/mol. The van der Waals surface area contributed by atoms with Gasteiger partial charge in [-0.25, -0.2) is 9.59 Å². The van der Waals surface area contributed by atoms with E-state index in [9.17, 15) is 9.59 Å². The van der Waals surface area contributed by atoms with E-state index < -0.39 is 24.6 Å². The van der Waals surface area contributed by atoms with Crippen LogP contribution in [0.25, 0.3) is 0 Å². The van der Waals surface area contributed by atoms with Crippen LogP contribution in [0.3, 0.4) is 0 Å². The molecule has 0 spiro atoms. The average Bonchev–Trinajstić information content (AvgIpc) is 2.52. The smallest absolute Gasteiger partial charge is 0.340 e. The van der Waals surface area contributed by atoms with Crippen LogP contribution < -0.4 is 20.9 Å². The van der Waals surface area contributed by atoms with Gasteiger partial charge in [0.2, 0.25) is 0 Å². The van der Waals surface area contributed by atoms with E-state index in [-0.39, 0.29) is 0 Å². The van der Waals surface area contributed by atoms with E-state index in [1.54, 1.807) is 36.4 Å². The minimum atomic E-state index is -0.945. The van der Waals surface area contributed by atoms with Crippen LogP contribution in [-0.2, 0) is 14.3 Å². The summed E-state index contributed by atoms with van der Waals surface area (Å²) >= 11 is 0. The van der Waals surface area contributed by atoms with Crippen molar-refractivity contribution in [3.05, 3.63) is 48.5 Å². The molecule has 2 rings (SSSR count). The summed E-state index contributed by atoms with van der Waals surface area (Å²) in [6, 6.07) is 12.9. The molecular weight excluding hydrogens is 312 g/mol. The fourth-order valence-electron chi connectivity index (χ4n) is 1.78. The van der Waals surface area contributed by atoms with Gasteiger partial charge in [-0.15, -0.1) is 0 Å². The number of hydrogen-bond donors (Lipinski definition) is 2. The Morgan fingerprint density at radius 1 is 0.958 bits per heavy atom. The Morgan fingerprint density at radius 2 is 1.50 bits per heavy atom. The van der Waals surface area contributed by atoms with Gasteiger partial charge >= 0.3 is 11.9 Å². The molecular formula is C17H18N2O5. The van der Waals surface area contributed by atoms with Crippen LogP contribution in [-0.4, -0.2) is 24.6 Å². The third-order valence-electron chi connectivity index (χ3n) is 2.95. The molecule has 4 N–H and O–H groups in total. The first kappa shape index (κ1) is 17.3. The Labute approximate surface area is 139 Å². The van der Waals surface area contributed by atoms with E-state index in [2.05, 4.69) is 0 Å². The number of benzene rings is 2. The topological polar surface area (TPSA) is 114 Å². The Kier molecular flexibility index (Phi) is 5.75. The zero-order valence-electron chi connectivity index (χ0n) is 13.1. The summed E-state index contributed by atoms with van der Waals surface area (Å²) in [5.74, 6) is -0.682. The van der Waals surface area contributed by atoms with E-state index in [0.717, 1.165) is 0 Å². The van der Waals surface area contributed by atoms with Crippen molar-refractivity contribution in [2.75, 3.05) is 18.1 Å².